The van der Waals surface area contributed by atoms with Gasteiger partial charge in [0.25, 0.3) is 0 Å². The maximum absolute atomic E-state index is 4.63. The van der Waals surface area contributed by atoms with E-state index in [0.29, 0.717) is 6.04 Å². The number of likely N-dealkylation sites (tertiary alicyclic amines) is 1. The largest absolute Gasteiger partial charge is 0.317 e. The highest BCUT2D eigenvalue weighted by molar-refractivity contribution is 5.01. The third-order valence-corrected chi connectivity index (χ3v) is 4.25. The van der Waals surface area contributed by atoms with Gasteiger partial charge in [0.2, 0.25) is 0 Å². The minimum absolute atomic E-state index is 0.449. The summed E-state index contributed by atoms with van der Waals surface area (Å²) in [5, 5.41) is 10.9. The summed E-state index contributed by atoms with van der Waals surface area (Å²) in [6.07, 6.45) is 5.96. The molecule has 2 aliphatic heterocycles. The molecule has 0 radical (unpaired) electrons. The van der Waals surface area contributed by atoms with Crippen LogP contribution in [0.15, 0.2) is 0 Å². The van der Waals surface area contributed by atoms with E-state index < -0.39 is 0 Å². The number of nitrogens with one attached hydrogen (secondary N) is 2. The van der Waals surface area contributed by atoms with Crippen molar-refractivity contribution in [1.29, 1.82) is 0 Å². The van der Waals surface area contributed by atoms with E-state index in [4.69, 9.17) is 0 Å². The third kappa shape index (κ3) is 2.29. The lowest BCUT2D eigenvalue weighted by Crippen LogP contribution is -2.42. The third-order valence-electron chi connectivity index (χ3n) is 4.25. The molecular formula is C13H23N5. The predicted molar refractivity (Wildman–Crippen MR) is 70.3 cm³/mol. The molecular weight excluding hydrogens is 226 g/mol. The van der Waals surface area contributed by atoms with Crippen LogP contribution in [0.25, 0.3) is 0 Å². The Kier molecular flexibility index (Phi) is 3.61. The highest BCUT2D eigenvalue weighted by Crippen LogP contribution is 2.33. The van der Waals surface area contributed by atoms with Gasteiger partial charge in [0, 0.05) is 12.5 Å². The van der Waals surface area contributed by atoms with Crippen molar-refractivity contribution in [2.75, 3.05) is 19.6 Å². The van der Waals surface area contributed by atoms with Crippen LogP contribution in [-0.4, -0.2) is 45.8 Å². The van der Waals surface area contributed by atoms with Gasteiger partial charge in [0.05, 0.1) is 6.04 Å². The Bertz CT molecular complexity index is 382. The fourth-order valence-corrected chi connectivity index (χ4v) is 3.26. The monoisotopic (exact) mass is 249 g/mol. The van der Waals surface area contributed by atoms with Crippen LogP contribution in [0.1, 0.15) is 50.3 Å². The van der Waals surface area contributed by atoms with Crippen LogP contribution in [0.3, 0.4) is 0 Å². The number of hydrogen-bond donors (Lipinski definition) is 2. The van der Waals surface area contributed by atoms with Crippen molar-refractivity contribution in [1.82, 2.24) is 25.4 Å². The normalized spacial score (nSPS) is 26.8. The molecule has 2 N–H and O–H groups in total. The van der Waals surface area contributed by atoms with Gasteiger partial charge in [-0.15, -0.1) is 0 Å². The van der Waals surface area contributed by atoms with Gasteiger partial charge in [-0.2, -0.15) is 5.10 Å². The minimum Gasteiger partial charge on any atom is -0.317 e. The Balaban J connectivity index is 1.73. The Morgan fingerprint density at radius 3 is 2.83 bits per heavy atom. The standard InChI is InChI=1S/C13H23N5/c1-2-12-15-13(17-16-12)11-4-3-9-18(11)10-5-7-14-8-6-10/h10-11,14H,2-9H2,1H3,(H,15,16,17). The minimum atomic E-state index is 0.449. The molecule has 2 aliphatic rings. The van der Waals surface area contributed by atoms with Crippen molar-refractivity contribution in [2.45, 2.75) is 51.1 Å². The van der Waals surface area contributed by atoms with Gasteiger partial charge < -0.3 is 5.32 Å². The molecule has 2 saturated heterocycles. The SMILES string of the molecule is CCc1nc(C2CCCN2C2CCNCC2)n[nH]1. The first-order valence-corrected chi connectivity index (χ1v) is 7.26. The number of nitrogens with zero attached hydrogens (tertiary/aromatic N) is 3. The summed E-state index contributed by atoms with van der Waals surface area (Å²) in [7, 11) is 0. The van der Waals surface area contributed by atoms with Crippen LogP contribution in [0, 0.1) is 0 Å². The molecule has 5 heteroatoms. The number of H-pyrrole nitrogens is 1. The molecule has 0 spiro atoms. The second-order valence-electron chi connectivity index (χ2n) is 5.37. The number of aromatic nitrogens is 3. The zero-order valence-corrected chi connectivity index (χ0v) is 11.2. The van der Waals surface area contributed by atoms with Gasteiger partial charge in [-0.05, 0) is 45.3 Å². The van der Waals surface area contributed by atoms with Crippen LogP contribution >= 0.6 is 0 Å². The van der Waals surface area contributed by atoms with E-state index in [1.54, 1.807) is 0 Å². The zero-order chi connectivity index (χ0) is 12.4. The van der Waals surface area contributed by atoms with E-state index >= 15 is 0 Å². The van der Waals surface area contributed by atoms with Gasteiger partial charge >= 0.3 is 0 Å². The first-order valence-electron chi connectivity index (χ1n) is 7.26. The first kappa shape index (κ1) is 12.1. The highest BCUT2D eigenvalue weighted by atomic mass is 15.3. The molecule has 3 rings (SSSR count). The summed E-state index contributed by atoms with van der Waals surface area (Å²) in [5.41, 5.74) is 0. The molecule has 2 fully saturated rings. The van der Waals surface area contributed by atoms with Gasteiger partial charge in [-0.3, -0.25) is 10.00 Å². The van der Waals surface area contributed by atoms with E-state index in [1.807, 2.05) is 0 Å². The topological polar surface area (TPSA) is 56.8 Å². The van der Waals surface area contributed by atoms with E-state index in [1.165, 1.54) is 32.2 Å². The van der Waals surface area contributed by atoms with Crippen molar-refractivity contribution < 1.29 is 0 Å². The summed E-state index contributed by atoms with van der Waals surface area (Å²) in [6, 6.07) is 1.17. The molecule has 18 heavy (non-hydrogen) atoms. The lowest BCUT2D eigenvalue weighted by atomic mass is 10.0. The van der Waals surface area contributed by atoms with Gasteiger partial charge in [-0.25, -0.2) is 4.98 Å². The smallest absolute Gasteiger partial charge is 0.167 e. The zero-order valence-electron chi connectivity index (χ0n) is 11.2. The average molecular weight is 249 g/mol. The van der Waals surface area contributed by atoms with E-state index in [0.717, 1.165) is 37.2 Å². The maximum atomic E-state index is 4.63. The molecule has 0 bridgehead atoms. The highest BCUT2D eigenvalue weighted by Gasteiger charge is 2.34. The maximum Gasteiger partial charge on any atom is 0.167 e. The summed E-state index contributed by atoms with van der Waals surface area (Å²) in [4.78, 5) is 7.27. The molecule has 0 amide bonds. The second-order valence-corrected chi connectivity index (χ2v) is 5.37. The molecule has 5 nitrogen and oxygen atoms in total. The molecule has 0 aromatic carbocycles. The lowest BCUT2D eigenvalue weighted by Gasteiger charge is -2.34. The lowest BCUT2D eigenvalue weighted by molar-refractivity contribution is 0.143. The van der Waals surface area contributed by atoms with Gasteiger partial charge in [0.15, 0.2) is 5.82 Å². The molecule has 3 heterocycles. The summed E-state index contributed by atoms with van der Waals surface area (Å²) < 4.78 is 0. The van der Waals surface area contributed by atoms with Crippen molar-refractivity contribution in [3.8, 4) is 0 Å². The van der Waals surface area contributed by atoms with Gasteiger partial charge in [0.1, 0.15) is 5.82 Å². The summed E-state index contributed by atoms with van der Waals surface area (Å²) in [6.45, 7) is 5.64. The predicted octanol–water partition coefficient (Wildman–Crippen LogP) is 1.26. The number of aryl methyl sites for hydroxylation is 1. The van der Waals surface area contributed by atoms with E-state index in [9.17, 15) is 0 Å². The van der Waals surface area contributed by atoms with Crippen molar-refractivity contribution in [3.05, 3.63) is 11.6 Å². The number of piperidine rings is 1. The van der Waals surface area contributed by atoms with Gasteiger partial charge in [-0.1, -0.05) is 6.92 Å². The van der Waals surface area contributed by atoms with E-state index in [2.05, 4.69) is 32.3 Å². The Morgan fingerprint density at radius 2 is 2.11 bits per heavy atom. The fourth-order valence-electron chi connectivity index (χ4n) is 3.26. The van der Waals surface area contributed by atoms with Crippen LogP contribution in [0.2, 0.25) is 0 Å². The molecule has 0 aliphatic carbocycles. The molecule has 0 saturated carbocycles. The Labute approximate surface area is 108 Å². The quantitative estimate of drug-likeness (QED) is 0.846. The molecule has 1 aromatic heterocycles. The molecule has 1 unspecified atom stereocenters. The molecule has 1 atom stereocenters. The van der Waals surface area contributed by atoms with Crippen LogP contribution in [0.5, 0.6) is 0 Å². The Hall–Kier alpha value is -0.940. The second kappa shape index (κ2) is 5.36. The number of rotatable bonds is 3. The number of aromatic amines is 1. The van der Waals surface area contributed by atoms with Crippen LogP contribution in [0.4, 0.5) is 0 Å². The van der Waals surface area contributed by atoms with Crippen molar-refractivity contribution in [2.24, 2.45) is 0 Å². The van der Waals surface area contributed by atoms with Crippen molar-refractivity contribution >= 4 is 0 Å². The number of hydrogen-bond acceptors (Lipinski definition) is 4. The summed E-state index contributed by atoms with van der Waals surface area (Å²) in [5.74, 6) is 2.03. The van der Waals surface area contributed by atoms with Crippen molar-refractivity contribution in [3.63, 3.8) is 0 Å². The van der Waals surface area contributed by atoms with E-state index in [-0.39, 0.29) is 0 Å². The Morgan fingerprint density at radius 1 is 1.28 bits per heavy atom. The first-order chi connectivity index (χ1) is 8.88. The molecule has 1 aromatic rings. The van der Waals surface area contributed by atoms with Crippen LogP contribution < -0.4 is 5.32 Å². The average Bonchev–Trinajstić information content (AvgIpc) is 3.08. The van der Waals surface area contributed by atoms with Crippen LogP contribution in [-0.2, 0) is 6.42 Å². The summed E-state index contributed by atoms with van der Waals surface area (Å²) >= 11 is 0. The fraction of sp³-hybridized carbons (Fsp3) is 0.846. The molecule has 100 valence electrons.